The number of carbonyl (C=O) groups is 1. The second-order valence-corrected chi connectivity index (χ2v) is 5.44. The lowest BCUT2D eigenvalue weighted by molar-refractivity contribution is -0.384. The van der Waals surface area contributed by atoms with E-state index in [9.17, 15) is 14.9 Å². The first-order valence-corrected chi connectivity index (χ1v) is 7.08. The number of hydrogen-bond acceptors (Lipinski definition) is 6. The third kappa shape index (κ3) is 3.54. The van der Waals surface area contributed by atoms with E-state index < -0.39 is 10.8 Å². The summed E-state index contributed by atoms with van der Waals surface area (Å²) in [5, 5.41) is 16.2. The Labute approximate surface area is 125 Å². The molecule has 1 unspecified atom stereocenters. The van der Waals surface area contributed by atoms with Crippen molar-refractivity contribution >= 4 is 28.6 Å². The number of nitro benzene ring substituents is 1. The fourth-order valence-corrected chi connectivity index (χ4v) is 2.46. The van der Waals surface area contributed by atoms with Gasteiger partial charge in [0.2, 0.25) is 0 Å². The van der Waals surface area contributed by atoms with Crippen molar-refractivity contribution in [2.75, 3.05) is 12.3 Å². The molecule has 0 radical (unpaired) electrons. The van der Waals surface area contributed by atoms with Crippen LogP contribution in [0.1, 0.15) is 28.2 Å². The lowest BCUT2D eigenvalue weighted by Crippen LogP contribution is -2.28. The summed E-state index contributed by atoms with van der Waals surface area (Å²) in [5.41, 5.74) is 5.85. The van der Waals surface area contributed by atoms with Crippen LogP contribution in [0, 0.1) is 10.1 Å². The number of non-ortho nitro benzene ring substituents is 1. The Morgan fingerprint density at radius 2 is 2.33 bits per heavy atom. The first kappa shape index (κ1) is 14.9. The van der Waals surface area contributed by atoms with Crippen molar-refractivity contribution < 1.29 is 9.72 Å². The minimum atomic E-state index is -0.561. The van der Waals surface area contributed by atoms with Crippen LogP contribution in [0.25, 0.3) is 0 Å². The van der Waals surface area contributed by atoms with Crippen LogP contribution in [0.3, 0.4) is 0 Å². The van der Waals surface area contributed by atoms with E-state index in [1.54, 1.807) is 6.20 Å². The fourth-order valence-electron chi connectivity index (χ4n) is 1.76. The molecule has 110 valence electrons. The van der Waals surface area contributed by atoms with Crippen LogP contribution in [0.5, 0.6) is 0 Å². The van der Waals surface area contributed by atoms with Crippen molar-refractivity contribution in [3.8, 4) is 0 Å². The second kappa shape index (κ2) is 6.31. The quantitative estimate of drug-likeness (QED) is 0.499. The fraction of sp³-hybridized carbons (Fsp3) is 0.231. The third-order valence-electron chi connectivity index (χ3n) is 2.93. The van der Waals surface area contributed by atoms with Gasteiger partial charge in [-0.25, -0.2) is 4.98 Å². The summed E-state index contributed by atoms with van der Waals surface area (Å²) in [7, 11) is 0. The number of nitrogens with two attached hydrogens (primary N) is 1. The number of aromatic nitrogens is 1. The molecule has 1 heterocycles. The van der Waals surface area contributed by atoms with E-state index in [2.05, 4.69) is 10.3 Å². The zero-order chi connectivity index (χ0) is 15.4. The van der Waals surface area contributed by atoms with E-state index >= 15 is 0 Å². The molecule has 7 nitrogen and oxygen atoms in total. The highest BCUT2D eigenvalue weighted by Crippen LogP contribution is 2.20. The molecule has 0 aliphatic carbocycles. The minimum Gasteiger partial charge on any atom is -0.398 e. The van der Waals surface area contributed by atoms with Gasteiger partial charge >= 0.3 is 0 Å². The highest BCUT2D eigenvalue weighted by molar-refractivity contribution is 7.09. The molecule has 2 rings (SSSR count). The van der Waals surface area contributed by atoms with Crippen molar-refractivity contribution in [2.45, 2.75) is 12.8 Å². The zero-order valence-electron chi connectivity index (χ0n) is 11.3. The summed E-state index contributed by atoms with van der Waals surface area (Å²) < 4.78 is 0. The molecule has 0 spiro atoms. The van der Waals surface area contributed by atoms with Gasteiger partial charge in [0.1, 0.15) is 0 Å². The number of carbonyl (C=O) groups excluding carboxylic acids is 1. The van der Waals surface area contributed by atoms with E-state index in [1.807, 2.05) is 12.3 Å². The lowest BCUT2D eigenvalue weighted by atomic mass is 10.1. The van der Waals surface area contributed by atoms with Gasteiger partial charge in [-0.15, -0.1) is 11.3 Å². The monoisotopic (exact) mass is 306 g/mol. The van der Waals surface area contributed by atoms with Gasteiger partial charge in [0.25, 0.3) is 11.6 Å². The van der Waals surface area contributed by atoms with E-state index in [0.29, 0.717) is 6.54 Å². The SMILES string of the molecule is CC(CNC(=O)c1cc([N+](=O)[O-])ccc1N)c1nccs1. The Balaban J connectivity index is 2.06. The van der Waals surface area contributed by atoms with Crippen LogP contribution in [0.2, 0.25) is 0 Å². The molecule has 3 N–H and O–H groups in total. The van der Waals surface area contributed by atoms with Crippen molar-refractivity contribution in [3.05, 3.63) is 50.5 Å². The van der Waals surface area contributed by atoms with Crippen molar-refractivity contribution in [1.82, 2.24) is 10.3 Å². The molecular weight excluding hydrogens is 292 g/mol. The number of benzene rings is 1. The first-order chi connectivity index (χ1) is 9.99. The maximum atomic E-state index is 12.1. The number of nitrogens with zero attached hydrogens (tertiary/aromatic N) is 2. The molecule has 8 heteroatoms. The van der Waals surface area contributed by atoms with Crippen LogP contribution in [0.4, 0.5) is 11.4 Å². The van der Waals surface area contributed by atoms with Gasteiger partial charge in [-0.3, -0.25) is 14.9 Å². The Morgan fingerprint density at radius 3 is 2.95 bits per heavy atom. The van der Waals surface area contributed by atoms with Crippen LogP contribution in [-0.2, 0) is 0 Å². The molecule has 1 amide bonds. The smallest absolute Gasteiger partial charge is 0.270 e. The number of nitrogens with one attached hydrogen (secondary N) is 1. The Bertz CT molecular complexity index is 657. The zero-order valence-corrected chi connectivity index (χ0v) is 12.1. The summed E-state index contributed by atoms with van der Waals surface area (Å²) in [6.45, 7) is 2.32. The van der Waals surface area contributed by atoms with E-state index in [0.717, 1.165) is 5.01 Å². The Hall–Kier alpha value is -2.48. The molecule has 0 saturated heterocycles. The standard InChI is InChI=1S/C13H14N4O3S/c1-8(13-15-4-5-21-13)7-16-12(18)10-6-9(17(19)20)2-3-11(10)14/h2-6,8H,7,14H2,1H3,(H,16,18). The first-order valence-electron chi connectivity index (χ1n) is 6.20. The number of thiazole rings is 1. The average molecular weight is 306 g/mol. The summed E-state index contributed by atoms with van der Waals surface area (Å²) in [6, 6.07) is 3.81. The number of hydrogen-bond donors (Lipinski definition) is 2. The van der Waals surface area contributed by atoms with Crippen LogP contribution in [0.15, 0.2) is 29.8 Å². The molecule has 2 aromatic rings. The molecule has 0 bridgehead atoms. The minimum absolute atomic E-state index is 0.0638. The largest absolute Gasteiger partial charge is 0.398 e. The van der Waals surface area contributed by atoms with E-state index in [1.165, 1.54) is 29.5 Å². The maximum Gasteiger partial charge on any atom is 0.270 e. The summed E-state index contributed by atoms with van der Waals surface area (Å²) in [5.74, 6) is -0.367. The molecule has 0 aliphatic heterocycles. The third-order valence-corrected chi connectivity index (χ3v) is 3.94. The highest BCUT2D eigenvalue weighted by Gasteiger charge is 2.16. The lowest BCUT2D eigenvalue weighted by Gasteiger charge is -2.11. The molecule has 21 heavy (non-hydrogen) atoms. The van der Waals surface area contributed by atoms with Crippen molar-refractivity contribution in [3.63, 3.8) is 0 Å². The van der Waals surface area contributed by atoms with Gasteiger partial charge in [0, 0.05) is 41.9 Å². The van der Waals surface area contributed by atoms with E-state index in [-0.39, 0.29) is 22.9 Å². The Kier molecular flexibility index (Phi) is 4.49. The Morgan fingerprint density at radius 1 is 1.57 bits per heavy atom. The summed E-state index contributed by atoms with van der Waals surface area (Å²) >= 11 is 1.51. The summed E-state index contributed by atoms with van der Waals surface area (Å²) in [6.07, 6.45) is 1.71. The van der Waals surface area contributed by atoms with Gasteiger partial charge in [-0.2, -0.15) is 0 Å². The van der Waals surface area contributed by atoms with Crippen LogP contribution in [-0.4, -0.2) is 22.4 Å². The number of nitrogen functional groups attached to an aromatic ring is 1. The average Bonchev–Trinajstić information content (AvgIpc) is 2.98. The van der Waals surface area contributed by atoms with Gasteiger partial charge in [-0.1, -0.05) is 6.92 Å². The number of amides is 1. The molecule has 1 aromatic carbocycles. The number of rotatable bonds is 5. The van der Waals surface area contributed by atoms with Crippen molar-refractivity contribution in [2.24, 2.45) is 0 Å². The predicted molar refractivity (Wildman–Crippen MR) is 80.4 cm³/mol. The molecular formula is C13H14N4O3S. The van der Waals surface area contributed by atoms with E-state index in [4.69, 9.17) is 5.73 Å². The number of anilines is 1. The van der Waals surface area contributed by atoms with Crippen molar-refractivity contribution in [1.29, 1.82) is 0 Å². The van der Waals surface area contributed by atoms with Gasteiger partial charge < -0.3 is 11.1 Å². The van der Waals surface area contributed by atoms with Gasteiger partial charge in [0.15, 0.2) is 0 Å². The van der Waals surface area contributed by atoms with Crippen LogP contribution >= 0.6 is 11.3 Å². The molecule has 0 fully saturated rings. The van der Waals surface area contributed by atoms with Crippen LogP contribution < -0.4 is 11.1 Å². The maximum absolute atomic E-state index is 12.1. The normalized spacial score (nSPS) is 11.9. The highest BCUT2D eigenvalue weighted by atomic mass is 32.1. The topological polar surface area (TPSA) is 111 Å². The molecule has 0 saturated carbocycles. The summed E-state index contributed by atoms with van der Waals surface area (Å²) in [4.78, 5) is 26.4. The molecule has 1 atom stereocenters. The predicted octanol–water partition coefficient (Wildman–Crippen LogP) is 2.17. The molecule has 0 aliphatic rings. The second-order valence-electron chi connectivity index (χ2n) is 4.51. The molecule has 1 aromatic heterocycles. The van der Waals surface area contributed by atoms with Gasteiger partial charge in [0.05, 0.1) is 15.5 Å². The number of nitro groups is 1. The van der Waals surface area contributed by atoms with Gasteiger partial charge in [-0.05, 0) is 6.07 Å².